The summed E-state index contributed by atoms with van der Waals surface area (Å²) in [4.78, 5) is 11.4. The normalized spacial score (nSPS) is 15.8. The van der Waals surface area contributed by atoms with Crippen LogP contribution < -0.4 is 16.6 Å². The van der Waals surface area contributed by atoms with Crippen LogP contribution in [-0.2, 0) is 0 Å². The van der Waals surface area contributed by atoms with Crippen LogP contribution in [0.1, 0.15) is 44.9 Å². The molecule has 0 saturated carbocycles. The van der Waals surface area contributed by atoms with Gasteiger partial charge in [-0.05, 0) is 38.9 Å². The molecular formula is C14H26N6. The number of hydrogen-bond donors (Lipinski definition) is 3. The van der Waals surface area contributed by atoms with E-state index in [1.165, 1.54) is 25.9 Å². The molecule has 0 bridgehead atoms. The average Bonchev–Trinajstić information content (AvgIpc) is 2.96. The Morgan fingerprint density at radius 3 is 2.60 bits per heavy atom. The highest BCUT2D eigenvalue weighted by Gasteiger charge is 2.11. The molecule has 1 aromatic heterocycles. The molecule has 0 spiro atoms. The number of rotatable bonds is 7. The predicted octanol–water partition coefficient (Wildman–Crippen LogP) is 1.78. The van der Waals surface area contributed by atoms with Crippen molar-refractivity contribution in [1.29, 1.82) is 0 Å². The highest BCUT2D eigenvalue weighted by molar-refractivity contribution is 5.47. The Morgan fingerprint density at radius 1 is 1.25 bits per heavy atom. The first-order valence-corrected chi connectivity index (χ1v) is 7.51. The van der Waals surface area contributed by atoms with Gasteiger partial charge in [0.25, 0.3) is 0 Å². The van der Waals surface area contributed by atoms with Gasteiger partial charge >= 0.3 is 0 Å². The summed E-state index contributed by atoms with van der Waals surface area (Å²) in [5.41, 5.74) is 2.60. The maximum atomic E-state index is 5.45. The van der Waals surface area contributed by atoms with Crippen LogP contribution in [0.2, 0.25) is 0 Å². The third-order valence-electron chi connectivity index (χ3n) is 3.56. The van der Waals surface area contributed by atoms with E-state index in [2.05, 4.69) is 39.5 Å². The molecule has 0 atom stereocenters. The minimum atomic E-state index is 0.286. The second-order valence-electron chi connectivity index (χ2n) is 5.62. The first-order valence-electron chi connectivity index (χ1n) is 7.51. The lowest BCUT2D eigenvalue weighted by atomic mass is 10.2. The van der Waals surface area contributed by atoms with Crippen molar-refractivity contribution < 1.29 is 0 Å². The van der Waals surface area contributed by atoms with Crippen LogP contribution in [0.5, 0.6) is 0 Å². The van der Waals surface area contributed by atoms with Gasteiger partial charge in [-0.2, -0.15) is 0 Å². The summed E-state index contributed by atoms with van der Waals surface area (Å²) >= 11 is 0. The summed E-state index contributed by atoms with van der Waals surface area (Å²) in [6.45, 7) is 8.75. The maximum absolute atomic E-state index is 5.45. The monoisotopic (exact) mass is 278 g/mol. The molecule has 1 aromatic rings. The molecule has 20 heavy (non-hydrogen) atoms. The number of nitrogens with one attached hydrogen (secondary N) is 2. The van der Waals surface area contributed by atoms with E-state index in [4.69, 9.17) is 5.84 Å². The molecule has 6 heteroatoms. The summed E-state index contributed by atoms with van der Waals surface area (Å²) in [7, 11) is 0. The largest absolute Gasteiger partial charge is 0.370 e. The Balaban J connectivity index is 1.83. The number of hydrazine groups is 1. The minimum Gasteiger partial charge on any atom is -0.370 e. The van der Waals surface area contributed by atoms with Gasteiger partial charge in [0.05, 0.1) is 0 Å². The molecule has 1 aliphatic heterocycles. The molecule has 1 saturated heterocycles. The van der Waals surface area contributed by atoms with Crippen LogP contribution in [0.4, 0.5) is 11.6 Å². The van der Waals surface area contributed by atoms with Crippen LogP contribution >= 0.6 is 0 Å². The van der Waals surface area contributed by atoms with Crippen molar-refractivity contribution in [2.24, 2.45) is 5.84 Å². The van der Waals surface area contributed by atoms with Crippen LogP contribution in [-0.4, -0.2) is 41.0 Å². The molecule has 2 rings (SSSR count). The minimum absolute atomic E-state index is 0.286. The zero-order valence-corrected chi connectivity index (χ0v) is 12.5. The lowest BCUT2D eigenvalue weighted by molar-refractivity contribution is 0.337. The number of nitrogen functional groups attached to an aromatic ring is 1. The quantitative estimate of drug-likeness (QED) is 0.401. The molecule has 0 radical (unpaired) electrons. The maximum Gasteiger partial charge on any atom is 0.145 e. The molecule has 6 nitrogen and oxygen atoms in total. The van der Waals surface area contributed by atoms with Gasteiger partial charge in [-0.15, -0.1) is 0 Å². The Kier molecular flexibility index (Phi) is 5.55. The van der Waals surface area contributed by atoms with Crippen molar-refractivity contribution in [3.63, 3.8) is 0 Å². The van der Waals surface area contributed by atoms with Crippen molar-refractivity contribution in [2.75, 3.05) is 36.9 Å². The van der Waals surface area contributed by atoms with E-state index in [0.717, 1.165) is 31.2 Å². The van der Waals surface area contributed by atoms with Crippen molar-refractivity contribution >= 4 is 11.6 Å². The van der Waals surface area contributed by atoms with Crippen molar-refractivity contribution in [3.8, 4) is 0 Å². The highest BCUT2D eigenvalue weighted by Crippen LogP contribution is 2.16. The van der Waals surface area contributed by atoms with Gasteiger partial charge in [-0.3, -0.25) is 0 Å². The molecule has 0 aliphatic carbocycles. The predicted molar refractivity (Wildman–Crippen MR) is 82.7 cm³/mol. The fraction of sp³-hybridized carbons (Fsp3) is 0.714. The second-order valence-corrected chi connectivity index (χ2v) is 5.62. The first kappa shape index (κ1) is 15.0. The molecular weight excluding hydrogens is 252 g/mol. The number of nitrogens with two attached hydrogens (primary N) is 1. The van der Waals surface area contributed by atoms with E-state index >= 15 is 0 Å². The van der Waals surface area contributed by atoms with Crippen molar-refractivity contribution in [2.45, 2.75) is 39.0 Å². The van der Waals surface area contributed by atoms with Crippen LogP contribution in [0, 0.1) is 0 Å². The highest BCUT2D eigenvalue weighted by atomic mass is 15.3. The molecule has 0 unspecified atom stereocenters. The molecule has 1 fully saturated rings. The fourth-order valence-electron chi connectivity index (χ4n) is 2.41. The molecule has 0 aromatic carbocycles. The van der Waals surface area contributed by atoms with Crippen LogP contribution in [0.3, 0.4) is 0 Å². The summed E-state index contributed by atoms with van der Waals surface area (Å²) in [5, 5.41) is 3.37. The van der Waals surface area contributed by atoms with E-state index < -0.39 is 0 Å². The average molecular weight is 278 g/mol. The first-order chi connectivity index (χ1) is 9.69. The molecule has 1 aliphatic rings. The third-order valence-corrected chi connectivity index (χ3v) is 3.56. The number of aromatic nitrogens is 2. The number of hydrogen-bond acceptors (Lipinski definition) is 6. The van der Waals surface area contributed by atoms with Crippen LogP contribution in [0.15, 0.2) is 6.07 Å². The van der Waals surface area contributed by atoms with Gasteiger partial charge in [0.15, 0.2) is 0 Å². The molecule has 112 valence electrons. The molecule has 4 N–H and O–H groups in total. The van der Waals surface area contributed by atoms with E-state index in [9.17, 15) is 0 Å². The summed E-state index contributed by atoms with van der Waals surface area (Å²) in [6, 6.07) is 1.85. The standard InChI is InChI=1S/C14H26N6/c1-11(2)14-17-12(10-13(18-14)19-15)16-6-5-9-20-7-3-4-8-20/h10-11H,3-9,15H2,1-2H3,(H2,16,17,18,19). The van der Waals surface area contributed by atoms with Crippen molar-refractivity contribution in [1.82, 2.24) is 14.9 Å². The van der Waals surface area contributed by atoms with Gasteiger partial charge in [-0.1, -0.05) is 13.8 Å². The van der Waals surface area contributed by atoms with Gasteiger partial charge in [0, 0.05) is 18.5 Å². The van der Waals surface area contributed by atoms with Gasteiger partial charge < -0.3 is 15.6 Å². The van der Waals surface area contributed by atoms with E-state index in [1.54, 1.807) is 0 Å². The molecule has 2 heterocycles. The summed E-state index contributed by atoms with van der Waals surface area (Å²) in [6.07, 6.45) is 3.83. The Hall–Kier alpha value is -1.40. The summed E-state index contributed by atoms with van der Waals surface area (Å²) in [5.74, 6) is 8.05. The third kappa shape index (κ3) is 4.31. The number of nitrogens with zero attached hydrogens (tertiary/aromatic N) is 3. The lowest BCUT2D eigenvalue weighted by Crippen LogP contribution is -2.22. The SMILES string of the molecule is CC(C)c1nc(NN)cc(NCCCN2CCCC2)n1. The zero-order valence-electron chi connectivity index (χ0n) is 12.5. The van der Waals surface area contributed by atoms with E-state index in [-0.39, 0.29) is 5.92 Å². The van der Waals surface area contributed by atoms with Gasteiger partial charge in [0.2, 0.25) is 0 Å². The van der Waals surface area contributed by atoms with Gasteiger partial charge in [0.1, 0.15) is 17.5 Å². The van der Waals surface area contributed by atoms with Crippen LogP contribution in [0.25, 0.3) is 0 Å². The Labute approximate surface area is 121 Å². The van der Waals surface area contributed by atoms with E-state index in [0.29, 0.717) is 5.82 Å². The van der Waals surface area contributed by atoms with Gasteiger partial charge in [-0.25, -0.2) is 15.8 Å². The Bertz CT molecular complexity index is 414. The van der Waals surface area contributed by atoms with Crippen molar-refractivity contribution in [3.05, 3.63) is 11.9 Å². The smallest absolute Gasteiger partial charge is 0.145 e. The lowest BCUT2D eigenvalue weighted by Gasteiger charge is -2.15. The summed E-state index contributed by atoms with van der Waals surface area (Å²) < 4.78 is 0. The number of anilines is 2. The fourth-order valence-corrected chi connectivity index (χ4v) is 2.41. The second kappa shape index (κ2) is 7.40. The Morgan fingerprint density at radius 2 is 1.95 bits per heavy atom. The molecule has 0 amide bonds. The topological polar surface area (TPSA) is 79.1 Å². The number of likely N-dealkylation sites (tertiary alicyclic amines) is 1. The zero-order chi connectivity index (χ0) is 14.4. The van der Waals surface area contributed by atoms with E-state index in [1.807, 2.05) is 6.07 Å².